The molecular formula is C19H20N4O2. The Morgan fingerprint density at radius 3 is 3.08 bits per heavy atom. The first-order valence-corrected chi connectivity index (χ1v) is 8.30. The Labute approximate surface area is 146 Å². The van der Waals surface area contributed by atoms with Crippen LogP contribution in [0.25, 0.3) is 11.3 Å². The van der Waals surface area contributed by atoms with E-state index >= 15 is 0 Å². The quantitative estimate of drug-likeness (QED) is 0.749. The third-order valence-electron chi connectivity index (χ3n) is 4.42. The topological polar surface area (TPSA) is 72.1 Å². The lowest BCUT2D eigenvalue weighted by Crippen LogP contribution is -2.39. The molecular weight excluding hydrogens is 316 g/mol. The largest absolute Gasteiger partial charge is 0.493 e. The molecule has 4 rings (SSSR count). The summed E-state index contributed by atoms with van der Waals surface area (Å²) in [5, 5.41) is 10.8. The van der Waals surface area contributed by atoms with Gasteiger partial charge in [0.2, 0.25) is 0 Å². The number of rotatable bonds is 5. The molecule has 6 heteroatoms. The van der Waals surface area contributed by atoms with Gasteiger partial charge in [-0.3, -0.25) is 10.1 Å². The van der Waals surface area contributed by atoms with Crippen molar-refractivity contribution in [1.82, 2.24) is 20.5 Å². The average molecular weight is 336 g/mol. The molecule has 0 amide bonds. The van der Waals surface area contributed by atoms with Gasteiger partial charge in [0.05, 0.1) is 19.0 Å². The van der Waals surface area contributed by atoms with Gasteiger partial charge >= 0.3 is 0 Å². The van der Waals surface area contributed by atoms with Gasteiger partial charge in [-0.2, -0.15) is 5.10 Å². The summed E-state index contributed by atoms with van der Waals surface area (Å²) >= 11 is 0. The number of benzene rings is 1. The molecule has 0 aliphatic carbocycles. The summed E-state index contributed by atoms with van der Waals surface area (Å²) in [5.41, 5.74) is 4.32. The molecule has 25 heavy (non-hydrogen) atoms. The van der Waals surface area contributed by atoms with Crippen molar-refractivity contribution in [2.24, 2.45) is 0 Å². The summed E-state index contributed by atoms with van der Waals surface area (Å²) in [7, 11) is 1.67. The van der Waals surface area contributed by atoms with Gasteiger partial charge < -0.3 is 14.8 Å². The molecule has 128 valence electrons. The van der Waals surface area contributed by atoms with Crippen molar-refractivity contribution in [2.45, 2.75) is 19.0 Å². The molecule has 0 bridgehead atoms. The van der Waals surface area contributed by atoms with E-state index in [1.165, 1.54) is 5.56 Å². The second kappa shape index (κ2) is 6.94. The van der Waals surface area contributed by atoms with E-state index in [4.69, 9.17) is 9.47 Å². The van der Waals surface area contributed by atoms with Crippen LogP contribution in [0.2, 0.25) is 0 Å². The fourth-order valence-corrected chi connectivity index (χ4v) is 3.15. The van der Waals surface area contributed by atoms with E-state index in [0.29, 0.717) is 13.2 Å². The smallest absolute Gasteiger partial charge is 0.164 e. The number of aromatic amines is 1. The maximum absolute atomic E-state index is 5.92. The van der Waals surface area contributed by atoms with Crippen molar-refractivity contribution in [3.8, 4) is 22.8 Å². The van der Waals surface area contributed by atoms with Gasteiger partial charge in [-0.1, -0.05) is 12.1 Å². The van der Waals surface area contributed by atoms with Crippen LogP contribution in [0.1, 0.15) is 11.1 Å². The lowest BCUT2D eigenvalue weighted by molar-refractivity contribution is 0.227. The molecule has 0 spiro atoms. The minimum atomic E-state index is 0.247. The minimum absolute atomic E-state index is 0.247. The number of H-pyrrole nitrogens is 1. The summed E-state index contributed by atoms with van der Waals surface area (Å²) in [6, 6.07) is 10.2. The number of nitrogens with one attached hydrogen (secondary N) is 2. The molecule has 1 unspecified atom stereocenters. The Bertz CT molecular complexity index is 848. The number of aromatic nitrogens is 3. The highest BCUT2D eigenvalue weighted by molar-refractivity contribution is 5.61. The highest BCUT2D eigenvalue weighted by Gasteiger charge is 2.22. The Balaban J connectivity index is 1.44. The SMILES string of the molecule is COc1cccc2c1OCC(NCc1cn[nH]c1-c1cccnc1)C2. The average Bonchev–Trinajstić information content (AvgIpc) is 3.15. The van der Waals surface area contributed by atoms with E-state index in [9.17, 15) is 0 Å². The van der Waals surface area contributed by atoms with Gasteiger partial charge in [0.1, 0.15) is 6.61 Å². The molecule has 0 saturated carbocycles. The number of nitrogens with zero attached hydrogens (tertiary/aromatic N) is 2. The monoisotopic (exact) mass is 336 g/mol. The van der Waals surface area contributed by atoms with E-state index in [-0.39, 0.29) is 6.04 Å². The first-order valence-electron chi connectivity index (χ1n) is 8.30. The van der Waals surface area contributed by atoms with Crippen LogP contribution >= 0.6 is 0 Å². The molecule has 6 nitrogen and oxygen atoms in total. The predicted molar refractivity (Wildman–Crippen MR) is 94.6 cm³/mol. The highest BCUT2D eigenvalue weighted by atomic mass is 16.5. The highest BCUT2D eigenvalue weighted by Crippen LogP contribution is 2.34. The Morgan fingerprint density at radius 1 is 1.28 bits per heavy atom. The number of hydrogen-bond donors (Lipinski definition) is 2. The Hall–Kier alpha value is -2.86. The first-order chi connectivity index (χ1) is 12.3. The number of pyridine rings is 1. The molecule has 0 radical (unpaired) electrons. The van der Waals surface area contributed by atoms with Gasteiger partial charge in [-0.15, -0.1) is 0 Å². The zero-order valence-corrected chi connectivity index (χ0v) is 14.0. The van der Waals surface area contributed by atoms with E-state index in [2.05, 4.69) is 26.6 Å². The van der Waals surface area contributed by atoms with Gasteiger partial charge in [0.25, 0.3) is 0 Å². The number of fused-ring (bicyclic) bond motifs is 1. The van der Waals surface area contributed by atoms with Crippen LogP contribution < -0.4 is 14.8 Å². The summed E-state index contributed by atoms with van der Waals surface area (Å²) in [5.74, 6) is 1.66. The molecule has 2 N–H and O–H groups in total. The first kappa shape index (κ1) is 15.7. The summed E-state index contributed by atoms with van der Waals surface area (Å²) in [4.78, 5) is 4.17. The van der Waals surface area contributed by atoms with Crippen molar-refractivity contribution in [3.63, 3.8) is 0 Å². The molecule has 0 saturated heterocycles. The van der Waals surface area contributed by atoms with Crippen LogP contribution in [0.4, 0.5) is 0 Å². The van der Waals surface area contributed by atoms with Crippen LogP contribution in [0.5, 0.6) is 11.5 Å². The van der Waals surface area contributed by atoms with Crippen molar-refractivity contribution < 1.29 is 9.47 Å². The molecule has 3 aromatic rings. The Kier molecular flexibility index (Phi) is 4.35. The van der Waals surface area contributed by atoms with Crippen LogP contribution in [-0.4, -0.2) is 34.9 Å². The van der Waals surface area contributed by atoms with Crippen LogP contribution in [0.3, 0.4) is 0 Å². The lowest BCUT2D eigenvalue weighted by atomic mass is 10.0. The number of methoxy groups -OCH3 is 1. The summed E-state index contributed by atoms with van der Waals surface area (Å²) in [6.07, 6.45) is 6.37. The number of hydrogen-bond acceptors (Lipinski definition) is 5. The molecule has 3 heterocycles. The van der Waals surface area contributed by atoms with Crippen LogP contribution in [0.15, 0.2) is 48.9 Å². The van der Waals surface area contributed by atoms with E-state index in [1.807, 2.05) is 36.7 Å². The zero-order valence-electron chi connectivity index (χ0n) is 14.0. The third kappa shape index (κ3) is 3.21. The van der Waals surface area contributed by atoms with Crippen LogP contribution in [-0.2, 0) is 13.0 Å². The van der Waals surface area contributed by atoms with E-state index in [1.54, 1.807) is 13.3 Å². The second-order valence-electron chi connectivity index (χ2n) is 6.05. The Morgan fingerprint density at radius 2 is 2.24 bits per heavy atom. The normalized spacial score (nSPS) is 16.1. The van der Waals surface area contributed by atoms with Crippen molar-refractivity contribution in [1.29, 1.82) is 0 Å². The molecule has 1 aliphatic heterocycles. The number of para-hydroxylation sites is 1. The fourth-order valence-electron chi connectivity index (χ4n) is 3.15. The molecule has 2 aromatic heterocycles. The minimum Gasteiger partial charge on any atom is -0.493 e. The van der Waals surface area contributed by atoms with Gasteiger partial charge in [-0.05, 0) is 30.2 Å². The maximum atomic E-state index is 5.92. The van der Waals surface area contributed by atoms with Crippen molar-refractivity contribution in [3.05, 3.63) is 60.0 Å². The van der Waals surface area contributed by atoms with Crippen molar-refractivity contribution >= 4 is 0 Å². The van der Waals surface area contributed by atoms with E-state index < -0.39 is 0 Å². The summed E-state index contributed by atoms with van der Waals surface area (Å²) < 4.78 is 11.3. The van der Waals surface area contributed by atoms with Crippen molar-refractivity contribution in [2.75, 3.05) is 13.7 Å². The maximum Gasteiger partial charge on any atom is 0.164 e. The second-order valence-corrected chi connectivity index (χ2v) is 6.05. The lowest BCUT2D eigenvalue weighted by Gasteiger charge is -2.27. The molecule has 1 aromatic carbocycles. The predicted octanol–water partition coefficient (Wildman–Crippen LogP) is 2.57. The number of ether oxygens (including phenoxy) is 2. The standard InChI is InChI=1S/C19H20N4O2/c1-24-17-6-2-4-13-8-16(12-25-19(13)17)21-10-15-11-22-23-18(15)14-5-3-7-20-9-14/h2-7,9,11,16,21H,8,10,12H2,1H3,(H,22,23). The van der Waals surface area contributed by atoms with Gasteiger partial charge in [0, 0.05) is 36.1 Å². The fraction of sp³-hybridized carbons (Fsp3) is 0.263. The molecule has 1 atom stereocenters. The van der Waals surface area contributed by atoms with Gasteiger partial charge in [-0.25, -0.2) is 0 Å². The molecule has 0 fully saturated rings. The summed E-state index contributed by atoms with van der Waals surface area (Å²) in [6.45, 7) is 1.33. The van der Waals surface area contributed by atoms with Gasteiger partial charge in [0.15, 0.2) is 11.5 Å². The van der Waals surface area contributed by atoms with Crippen LogP contribution in [0, 0.1) is 0 Å². The molecule has 1 aliphatic rings. The third-order valence-corrected chi connectivity index (χ3v) is 4.42. The zero-order chi connectivity index (χ0) is 17.1. The van der Waals surface area contributed by atoms with E-state index in [0.717, 1.165) is 34.7 Å².